The van der Waals surface area contributed by atoms with Crippen LogP contribution in [0.2, 0.25) is 0 Å². The molecule has 1 N–H and O–H groups in total. The van der Waals surface area contributed by atoms with Gasteiger partial charge in [-0.15, -0.1) is 0 Å². The minimum atomic E-state index is -0.429. The molecular formula is C19H27N3O3. The molecule has 25 heavy (non-hydrogen) atoms. The Hall–Kier alpha value is -2.34. The van der Waals surface area contributed by atoms with Crippen molar-refractivity contribution in [3.8, 4) is 0 Å². The van der Waals surface area contributed by atoms with Crippen LogP contribution in [-0.4, -0.2) is 67.7 Å². The molecule has 2 amide bonds. The second kappa shape index (κ2) is 9.84. The molecule has 136 valence electrons. The summed E-state index contributed by atoms with van der Waals surface area (Å²) in [6.07, 6.45) is 1.03. The number of benzene rings is 1. The van der Waals surface area contributed by atoms with Gasteiger partial charge in [0.15, 0.2) is 0 Å². The standard InChI is InChI=1S/C19H27N3O3/c1-16(2)18(23)25-15-9-20-19(24)22-13-11-21(12-14-22)10-8-17-6-4-3-5-7-17/h3-7H,1,8-15H2,2H3,(H,20,24). The van der Waals surface area contributed by atoms with E-state index in [1.807, 2.05) is 6.07 Å². The van der Waals surface area contributed by atoms with Gasteiger partial charge in [0, 0.05) is 38.3 Å². The summed E-state index contributed by atoms with van der Waals surface area (Å²) in [5.74, 6) is -0.429. The molecule has 0 radical (unpaired) electrons. The number of piperazine rings is 1. The molecule has 1 aromatic carbocycles. The van der Waals surface area contributed by atoms with E-state index in [1.165, 1.54) is 5.56 Å². The molecule has 0 atom stereocenters. The first-order valence-electron chi connectivity index (χ1n) is 8.68. The molecule has 1 aliphatic heterocycles. The molecule has 1 aromatic rings. The summed E-state index contributed by atoms with van der Waals surface area (Å²) < 4.78 is 4.95. The lowest BCUT2D eigenvalue weighted by molar-refractivity contribution is -0.138. The lowest BCUT2D eigenvalue weighted by Gasteiger charge is -2.34. The van der Waals surface area contributed by atoms with E-state index in [4.69, 9.17) is 4.74 Å². The van der Waals surface area contributed by atoms with Gasteiger partial charge in [0.2, 0.25) is 0 Å². The Morgan fingerprint density at radius 3 is 2.48 bits per heavy atom. The number of nitrogens with zero attached hydrogens (tertiary/aromatic N) is 2. The van der Waals surface area contributed by atoms with Crippen molar-refractivity contribution in [3.63, 3.8) is 0 Å². The van der Waals surface area contributed by atoms with Crippen molar-refractivity contribution in [3.05, 3.63) is 48.0 Å². The van der Waals surface area contributed by atoms with Gasteiger partial charge in [-0.1, -0.05) is 36.9 Å². The molecule has 1 heterocycles. The number of amides is 2. The van der Waals surface area contributed by atoms with E-state index >= 15 is 0 Å². The summed E-state index contributed by atoms with van der Waals surface area (Å²) in [5.41, 5.74) is 1.70. The van der Waals surface area contributed by atoms with Crippen LogP contribution in [0.3, 0.4) is 0 Å². The van der Waals surface area contributed by atoms with Crippen molar-refractivity contribution in [1.29, 1.82) is 0 Å². The van der Waals surface area contributed by atoms with Gasteiger partial charge in [-0.3, -0.25) is 4.90 Å². The van der Waals surface area contributed by atoms with Gasteiger partial charge in [-0.25, -0.2) is 9.59 Å². The SMILES string of the molecule is C=C(C)C(=O)OCCNC(=O)N1CCN(CCc2ccccc2)CC1. The van der Waals surface area contributed by atoms with Crippen molar-refractivity contribution in [1.82, 2.24) is 15.1 Å². The molecule has 2 rings (SSSR count). The maximum atomic E-state index is 12.1. The second-order valence-electron chi connectivity index (χ2n) is 6.21. The first-order chi connectivity index (χ1) is 12.1. The van der Waals surface area contributed by atoms with Gasteiger partial charge in [0.25, 0.3) is 0 Å². The van der Waals surface area contributed by atoms with Crippen LogP contribution in [0.5, 0.6) is 0 Å². The number of hydrogen-bond donors (Lipinski definition) is 1. The van der Waals surface area contributed by atoms with Crippen molar-refractivity contribution in [2.75, 3.05) is 45.9 Å². The zero-order valence-corrected chi connectivity index (χ0v) is 14.9. The second-order valence-corrected chi connectivity index (χ2v) is 6.21. The normalized spacial score (nSPS) is 14.8. The van der Waals surface area contributed by atoms with Gasteiger partial charge in [-0.2, -0.15) is 0 Å². The zero-order valence-electron chi connectivity index (χ0n) is 14.9. The van der Waals surface area contributed by atoms with Crippen molar-refractivity contribution in [2.24, 2.45) is 0 Å². The number of carbonyl (C=O) groups excluding carboxylic acids is 2. The third-order valence-electron chi connectivity index (χ3n) is 4.18. The number of rotatable bonds is 7. The van der Waals surface area contributed by atoms with Gasteiger partial charge in [-0.05, 0) is 18.9 Å². The van der Waals surface area contributed by atoms with Crippen LogP contribution < -0.4 is 5.32 Å². The summed E-state index contributed by atoms with van der Waals surface area (Å²) in [7, 11) is 0. The number of ether oxygens (including phenoxy) is 1. The lowest BCUT2D eigenvalue weighted by atomic mass is 10.1. The minimum Gasteiger partial charge on any atom is -0.460 e. The van der Waals surface area contributed by atoms with Crippen LogP contribution in [0.4, 0.5) is 4.79 Å². The van der Waals surface area contributed by atoms with Crippen LogP contribution >= 0.6 is 0 Å². The quantitative estimate of drug-likeness (QED) is 0.464. The smallest absolute Gasteiger partial charge is 0.333 e. The third-order valence-corrected chi connectivity index (χ3v) is 4.18. The molecular weight excluding hydrogens is 318 g/mol. The Bertz CT molecular complexity index is 581. The van der Waals surface area contributed by atoms with E-state index in [2.05, 4.69) is 41.1 Å². The summed E-state index contributed by atoms with van der Waals surface area (Å²) in [6, 6.07) is 10.3. The van der Waals surface area contributed by atoms with E-state index in [0.717, 1.165) is 26.1 Å². The first kappa shape index (κ1) is 19.0. The zero-order chi connectivity index (χ0) is 18.1. The van der Waals surface area contributed by atoms with Crippen LogP contribution in [0, 0.1) is 0 Å². The maximum absolute atomic E-state index is 12.1. The fourth-order valence-electron chi connectivity index (χ4n) is 2.64. The van der Waals surface area contributed by atoms with E-state index in [1.54, 1.807) is 11.8 Å². The lowest BCUT2D eigenvalue weighted by Crippen LogP contribution is -2.52. The third kappa shape index (κ3) is 6.58. The fourth-order valence-corrected chi connectivity index (χ4v) is 2.64. The molecule has 6 heteroatoms. The number of esters is 1. The predicted molar refractivity (Wildman–Crippen MR) is 97.3 cm³/mol. The number of carbonyl (C=O) groups is 2. The molecule has 1 fully saturated rings. The Labute approximate surface area is 149 Å². The highest BCUT2D eigenvalue weighted by atomic mass is 16.5. The fraction of sp³-hybridized carbons (Fsp3) is 0.474. The van der Waals surface area contributed by atoms with Crippen LogP contribution in [0.25, 0.3) is 0 Å². The molecule has 0 bridgehead atoms. The number of urea groups is 1. The van der Waals surface area contributed by atoms with E-state index in [9.17, 15) is 9.59 Å². The van der Waals surface area contributed by atoms with Crippen molar-refractivity contribution in [2.45, 2.75) is 13.3 Å². The molecule has 0 saturated carbocycles. The topological polar surface area (TPSA) is 61.9 Å². The highest BCUT2D eigenvalue weighted by Gasteiger charge is 2.20. The van der Waals surface area contributed by atoms with Crippen LogP contribution in [0.15, 0.2) is 42.5 Å². The maximum Gasteiger partial charge on any atom is 0.333 e. The Balaban J connectivity index is 1.60. The molecule has 0 unspecified atom stereocenters. The average molecular weight is 345 g/mol. The predicted octanol–water partition coefficient (Wildman–Crippen LogP) is 1.68. The number of nitrogens with one attached hydrogen (secondary N) is 1. The van der Waals surface area contributed by atoms with Gasteiger partial charge in [0.1, 0.15) is 6.61 Å². The largest absolute Gasteiger partial charge is 0.460 e. The summed E-state index contributed by atoms with van der Waals surface area (Å²) in [4.78, 5) is 27.5. The minimum absolute atomic E-state index is 0.103. The molecule has 1 aliphatic rings. The summed E-state index contributed by atoms with van der Waals surface area (Å²) >= 11 is 0. The number of hydrogen-bond acceptors (Lipinski definition) is 4. The molecule has 0 aliphatic carbocycles. The monoisotopic (exact) mass is 345 g/mol. The van der Waals surface area contributed by atoms with Crippen molar-refractivity contribution >= 4 is 12.0 Å². The van der Waals surface area contributed by atoms with Crippen LogP contribution in [-0.2, 0) is 16.0 Å². The molecule has 0 spiro atoms. The van der Waals surface area contributed by atoms with E-state index in [-0.39, 0.29) is 12.6 Å². The Kier molecular flexibility index (Phi) is 7.47. The highest BCUT2D eigenvalue weighted by Crippen LogP contribution is 2.05. The summed E-state index contributed by atoms with van der Waals surface area (Å²) in [5, 5.41) is 2.78. The molecule has 1 saturated heterocycles. The van der Waals surface area contributed by atoms with Crippen LogP contribution in [0.1, 0.15) is 12.5 Å². The van der Waals surface area contributed by atoms with Gasteiger partial charge in [0.05, 0.1) is 6.54 Å². The Morgan fingerprint density at radius 1 is 1.16 bits per heavy atom. The Morgan fingerprint density at radius 2 is 1.84 bits per heavy atom. The van der Waals surface area contributed by atoms with E-state index < -0.39 is 5.97 Å². The highest BCUT2D eigenvalue weighted by molar-refractivity contribution is 5.86. The first-order valence-corrected chi connectivity index (χ1v) is 8.68. The van der Waals surface area contributed by atoms with E-state index in [0.29, 0.717) is 25.2 Å². The summed E-state index contributed by atoms with van der Waals surface area (Å²) in [6.45, 7) is 9.78. The molecule has 6 nitrogen and oxygen atoms in total. The van der Waals surface area contributed by atoms with Crippen molar-refractivity contribution < 1.29 is 14.3 Å². The average Bonchev–Trinajstić information content (AvgIpc) is 2.64. The van der Waals surface area contributed by atoms with Gasteiger partial charge < -0.3 is 15.0 Å². The van der Waals surface area contributed by atoms with Gasteiger partial charge >= 0.3 is 12.0 Å². The molecule has 0 aromatic heterocycles.